The normalized spacial score (nSPS) is 38.1. The molecule has 0 aromatic carbocycles. The van der Waals surface area contributed by atoms with Crippen LogP contribution >= 0.6 is 0 Å². The Labute approximate surface area is 119 Å². The summed E-state index contributed by atoms with van der Waals surface area (Å²) >= 11 is 0. The molecule has 1 aromatic heterocycles. The van der Waals surface area contributed by atoms with Crippen molar-refractivity contribution in [1.82, 2.24) is 9.88 Å². The second kappa shape index (κ2) is 4.27. The molecule has 1 heterocycles. The van der Waals surface area contributed by atoms with E-state index in [1.54, 1.807) is 12.3 Å². The molecule has 20 heavy (non-hydrogen) atoms. The topological polar surface area (TPSA) is 62.1 Å². The fourth-order valence-corrected chi connectivity index (χ4v) is 5.39. The highest BCUT2D eigenvalue weighted by atomic mass is 16.2. The Balaban J connectivity index is 1.56. The van der Waals surface area contributed by atoms with Crippen LogP contribution in [0, 0.1) is 23.7 Å². The molecule has 4 fully saturated rings. The van der Waals surface area contributed by atoms with Gasteiger partial charge in [0.15, 0.2) is 0 Å². The minimum absolute atomic E-state index is 0.0965. The zero-order valence-electron chi connectivity index (χ0n) is 12.0. The third kappa shape index (κ3) is 1.77. The van der Waals surface area contributed by atoms with Crippen LogP contribution in [0.25, 0.3) is 0 Å². The predicted octanol–water partition coefficient (Wildman–Crippen LogP) is 2.49. The van der Waals surface area contributed by atoms with E-state index in [0.29, 0.717) is 17.4 Å². The van der Waals surface area contributed by atoms with Crippen LogP contribution in [-0.2, 0) is 0 Å². The average molecular weight is 273 g/mol. The zero-order valence-corrected chi connectivity index (χ0v) is 12.0. The van der Waals surface area contributed by atoms with Crippen LogP contribution < -0.4 is 5.73 Å². The molecule has 1 amide bonds. The minimum atomic E-state index is 0.0965. The van der Waals surface area contributed by atoms with Gasteiger partial charge in [-0.1, -0.05) is 0 Å². The Morgan fingerprint density at radius 1 is 1.20 bits per heavy atom. The predicted molar refractivity (Wildman–Crippen MR) is 78.1 cm³/mol. The smallest absolute Gasteiger partial charge is 0.270 e. The summed E-state index contributed by atoms with van der Waals surface area (Å²) in [5.41, 5.74) is 6.96. The first-order chi connectivity index (χ1) is 9.61. The first kappa shape index (κ1) is 12.3. The summed E-state index contributed by atoms with van der Waals surface area (Å²) in [5, 5.41) is 0. The van der Waals surface area contributed by atoms with E-state index in [4.69, 9.17) is 5.73 Å². The molecular weight excluding hydrogens is 250 g/mol. The van der Waals surface area contributed by atoms with Crippen LogP contribution in [0.4, 0.5) is 5.69 Å². The van der Waals surface area contributed by atoms with Crippen molar-refractivity contribution >= 4 is 11.6 Å². The maximum Gasteiger partial charge on any atom is 0.270 e. The molecule has 0 saturated heterocycles. The molecule has 108 valence electrons. The summed E-state index contributed by atoms with van der Waals surface area (Å²) in [6, 6.07) is 2.19. The van der Waals surface area contributed by atoms with Crippen LogP contribution in [0.1, 0.15) is 42.6 Å². The van der Waals surface area contributed by atoms with Gasteiger partial charge in [-0.25, -0.2) is 0 Å². The Morgan fingerprint density at radius 3 is 2.30 bits per heavy atom. The molecule has 3 N–H and O–H groups in total. The van der Waals surface area contributed by atoms with Crippen LogP contribution in [0.5, 0.6) is 0 Å². The number of carbonyl (C=O) groups excluding carboxylic acids is 1. The molecule has 4 aliphatic carbocycles. The van der Waals surface area contributed by atoms with Gasteiger partial charge in [0.05, 0.1) is 0 Å². The van der Waals surface area contributed by atoms with E-state index in [0.717, 1.165) is 23.7 Å². The van der Waals surface area contributed by atoms with Crippen molar-refractivity contribution in [3.8, 4) is 0 Å². The third-order valence-electron chi connectivity index (χ3n) is 5.88. The lowest BCUT2D eigenvalue weighted by molar-refractivity contribution is -0.0492. The Hall–Kier alpha value is -1.45. The van der Waals surface area contributed by atoms with Crippen molar-refractivity contribution in [2.45, 2.75) is 38.1 Å². The molecular formula is C16H23N3O. The van der Waals surface area contributed by atoms with E-state index in [-0.39, 0.29) is 5.91 Å². The lowest BCUT2D eigenvalue weighted by atomic mass is 9.54. The van der Waals surface area contributed by atoms with Crippen molar-refractivity contribution in [2.24, 2.45) is 23.7 Å². The van der Waals surface area contributed by atoms with Crippen molar-refractivity contribution in [2.75, 3.05) is 12.8 Å². The summed E-state index contributed by atoms with van der Waals surface area (Å²) in [6.45, 7) is 0. The summed E-state index contributed by atoms with van der Waals surface area (Å²) in [4.78, 5) is 17.6. The Kier molecular flexibility index (Phi) is 2.63. The standard InChI is InChI=1S/C16H23N3O/c1-19(16(20)14-7-13(17)8-18-14)15-11-3-9-2-10(5-11)6-12(15)4-9/h7-12,15,18H,2-6,17H2,1H3. The number of aromatic amines is 1. The van der Waals surface area contributed by atoms with Crippen LogP contribution in [0.2, 0.25) is 0 Å². The minimum Gasteiger partial charge on any atom is -0.397 e. The van der Waals surface area contributed by atoms with Gasteiger partial charge in [0, 0.05) is 25.0 Å². The van der Waals surface area contributed by atoms with Gasteiger partial charge in [0.25, 0.3) is 5.91 Å². The molecule has 4 heteroatoms. The summed E-state index contributed by atoms with van der Waals surface area (Å²) in [6.07, 6.45) is 8.48. The van der Waals surface area contributed by atoms with E-state index in [2.05, 4.69) is 4.98 Å². The molecule has 0 atom stereocenters. The first-order valence-electron chi connectivity index (χ1n) is 7.83. The Morgan fingerprint density at radius 2 is 1.80 bits per heavy atom. The number of rotatable bonds is 2. The van der Waals surface area contributed by atoms with Gasteiger partial charge in [-0.3, -0.25) is 4.79 Å². The maximum atomic E-state index is 12.6. The number of aromatic nitrogens is 1. The highest BCUT2D eigenvalue weighted by Gasteiger charge is 2.50. The van der Waals surface area contributed by atoms with Crippen LogP contribution in [0.3, 0.4) is 0 Å². The van der Waals surface area contributed by atoms with E-state index in [1.165, 1.54) is 32.1 Å². The molecule has 0 unspecified atom stereocenters. The van der Waals surface area contributed by atoms with Crippen molar-refractivity contribution in [3.63, 3.8) is 0 Å². The molecule has 0 aliphatic heterocycles. The van der Waals surface area contributed by atoms with Gasteiger partial charge in [-0.05, 0) is 61.8 Å². The summed E-state index contributed by atoms with van der Waals surface area (Å²) in [5.74, 6) is 3.44. The lowest BCUT2D eigenvalue weighted by Gasteiger charge is -2.56. The maximum absolute atomic E-state index is 12.6. The Bertz CT molecular complexity index is 508. The van der Waals surface area contributed by atoms with E-state index in [9.17, 15) is 4.79 Å². The van der Waals surface area contributed by atoms with Gasteiger partial charge in [0.1, 0.15) is 5.69 Å². The van der Waals surface area contributed by atoms with E-state index < -0.39 is 0 Å². The molecule has 0 radical (unpaired) electrons. The molecule has 4 aliphatic rings. The molecule has 4 nitrogen and oxygen atoms in total. The molecule has 4 bridgehead atoms. The van der Waals surface area contributed by atoms with Gasteiger partial charge in [-0.15, -0.1) is 0 Å². The fraction of sp³-hybridized carbons (Fsp3) is 0.688. The quantitative estimate of drug-likeness (QED) is 0.869. The van der Waals surface area contributed by atoms with Crippen LogP contribution in [0.15, 0.2) is 12.3 Å². The average Bonchev–Trinajstić information content (AvgIpc) is 2.83. The van der Waals surface area contributed by atoms with Gasteiger partial charge < -0.3 is 15.6 Å². The lowest BCUT2D eigenvalue weighted by Crippen LogP contribution is -2.56. The number of anilines is 1. The fourth-order valence-electron chi connectivity index (χ4n) is 5.39. The van der Waals surface area contributed by atoms with E-state index in [1.807, 2.05) is 11.9 Å². The largest absolute Gasteiger partial charge is 0.397 e. The number of hydrogen-bond acceptors (Lipinski definition) is 2. The highest BCUT2D eigenvalue weighted by molar-refractivity contribution is 5.93. The zero-order chi connectivity index (χ0) is 13.9. The molecule has 4 saturated carbocycles. The summed E-state index contributed by atoms with van der Waals surface area (Å²) in [7, 11) is 1.98. The van der Waals surface area contributed by atoms with Gasteiger partial charge >= 0.3 is 0 Å². The number of amides is 1. The summed E-state index contributed by atoms with van der Waals surface area (Å²) < 4.78 is 0. The van der Waals surface area contributed by atoms with Crippen molar-refractivity contribution in [1.29, 1.82) is 0 Å². The monoisotopic (exact) mass is 273 g/mol. The van der Waals surface area contributed by atoms with Crippen LogP contribution in [-0.4, -0.2) is 28.9 Å². The number of nitrogens with two attached hydrogens (primary N) is 1. The van der Waals surface area contributed by atoms with Crippen molar-refractivity contribution < 1.29 is 4.79 Å². The molecule has 5 rings (SSSR count). The second-order valence-electron chi connectivity index (χ2n) is 7.18. The van der Waals surface area contributed by atoms with E-state index >= 15 is 0 Å². The SMILES string of the molecule is CN(C(=O)c1cc(N)c[nH]1)C1C2CC3CC(C2)CC1C3. The first-order valence-corrected chi connectivity index (χ1v) is 7.83. The number of hydrogen-bond donors (Lipinski definition) is 2. The van der Waals surface area contributed by atoms with Crippen molar-refractivity contribution in [3.05, 3.63) is 18.0 Å². The number of nitrogens with one attached hydrogen (secondary N) is 1. The number of nitrogen functional groups attached to an aromatic ring is 1. The third-order valence-corrected chi connectivity index (χ3v) is 5.88. The number of carbonyl (C=O) groups is 1. The number of H-pyrrole nitrogens is 1. The molecule has 0 spiro atoms. The second-order valence-corrected chi connectivity index (χ2v) is 7.18. The number of nitrogens with zero attached hydrogens (tertiary/aromatic N) is 1. The molecule has 1 aromatic rings. The highest BCUT2D eigenvalue weighted by Crippen LogP contribution is 2.55. The van der Waals surface area contributed by atoms with Gasteiger partial charge in [-0.2, -0.15) is 0 Å². The van der Waals surface area contributed by atoms with Gasteiger partial charge in [0.2, 0.25) is 0 Å².